The van der Waals surface area contributed by atoms with E-state index in [1.807, 2.05) is 74.6 Å². The van der Waals surface area contributed by atoms with Crippen LogP contribution in [-0.2, 0) is 0 Å². The predicted octanol–water partition coefficient (Wildman–Crippen LogP) is 4.72. The molecule has 0 aliphatic heterocycles. The van der Waals surface area contributed by atoms with Crippen molar-refractivity contribution in [3.63, 3.8) is 0 Å². The lowest BCUT2D eigenvalue weighted by molar-refractivity contribution is 0.103. The summed E-state index contributed by atoms with van der Waals surface area (Å²) in [6, 6.07) is 17.6. The van der Waals surface area contributed by atoms with Crippen LogP contribution < -0.4 is 5.73 Å². The van der Waals surface area contributed by atoms with Crippen molar-refractivity contribution < 1.29 is 4.79 Å². The summed E-state index contributed by atoms with van der Waals surface area (Å²) >= 11 is 0. The van der Waals surface area contributed by atoms with E-state index < -0.39 is 0 Å². The van der Waals surface area contributed by atoms with E-state index in [1.165, 1.54) is 6.20 Å². The quantitative estimate of drug-likeness (QED) is 0.338. The number of hydrogen-bond acceptors (Lipinski definition) is 5. The molecule has 0 bridgehead atoms. The van der Waals surface area contributed by atoms with Gasteiger partial charge in [0, 0.05) is 28.4 Å². The van der Waals surface area contributed by atoms with Crippen molar-refractivity contribution in [2.24, 2.45) is 0 Å². The molecule has 2 aromatic carbocycles. The highest BCUT2D eigenvalue weighted by Crippen LogP contribution is 2.27. The van der Waals surface area contributed by atoms with Gasteiger partial charge in [-0.2, -0.15) is 5.10 Å². The number of imidazole rings is 1. The number of aromatic amines is 2. The van der Waals surface area contributed by atoms with Crippen molar-refractivity contribution in [2.45, 2.75) is 13.8 Å². The van der Waals surface area contributed by atoms with E-state index >= 15 is 0 Å². The second-order valence-electron chi connectivity index (χ2n) is 8.38. The Labute approximate surface area is 194 Å². The molecular formula is C26H21N7O. The summed E-state index contributed by atoms with van der Waals surface area (Å²) in [7, 11) is 0. The first-order valence-corrected chi connectivity index (χ1v) is 10.9. The van der Waals surface area contributed by atoms with E-state index in [1.54, 1.807) is 4.68 Å². The SMILES string of the molecule is Cc1ccc(-c2ccc3cc(C(=O)c4cnn(-c5ccc6nc(C)[nH]c6c5)c4N)[nH]c3c2)cn1. The number of benzene rings is 2. The fraction of sp³-hybridized carbons (Fsp3) is 0.0769. The highest BCUT2D eigenvalue weighted by atomic mass is 16.1. The summed E-state index contributed by atoms with van der Waals surface area (Å²) in [5.74, 6) is 0.902. The fourth-order valence-electron chi connectivity index (χ4n) is 4.21. The minimum Gasteiger partial charge on any atom is -0.383 e. The normalized spacial score (nSPS) is 11.5. The summed E-state index contributed by atoms with van der Waals surface area (Å²) in [4.78, 5) is 28.5. The molecule has 4 aromatic heterocycles. The summed E-state index contributed by atoms with van der Waals surface area (Å²) in [5.41, 5.74) is 13.5. The molecule has 6 aromatic rings. The maximum Gasteiger partial charge on any atom is 0.214 e. The van der Waals surface area contributed by atoms with Crippen LogP contribution in [0.25, 0.3) is 38.8 Å². The highest BCUT2D eigenvalue weighted by Gasteiger charge is 2.20. The summed E-state index contributed by atoms with van der Waals surface area (Å²) < 4.78 is 1.56. The Morgan fingerprint density at radius 3 is 2.59 bits per heavy atom. The zero-order valence-electron chi connectivity index (χ0n) is 18.6. The standard InChI is InChI=1S/C26H21N7O/c1-14-3-4-18(12-28-14)16-5-6-17-10-24(32-22(17)9-16)25(34)20-13-29-33(26(20)27)19-7-8-21-23(11-19)31-15(2)30-21/h3-13,32H,27H2,1-2H3,(H,30,31). The molecule has 0 saturated carbocycles. The van der Waals surface area contributed by atoms with Crippen molar-refractivity contribution in [2.75, 3.05) is 5.73 Å². The Kier molecular flexibility index (Phi) is 4.35. The predicted molar refractivity (Wildman–Crippen MR) is 132 cm³/mol. The third-order valence-corrected chi connectivity index (χ3v) is 5.99. The van der Waals surface area contributed by atoms with Crippen molar-refractivity contribution in [3.05, 3.63) is 89.8 Å². The molecule has 0 aliphatic carbocycles. The maximum atomic E-state index is 13.3. The number of nitrogens with two attached hydrogens (primary N) is 1. The molecule has 0 atom stereocenters. The van der Waals surface area contributed by atoms with Gasteiger partial charge in [0.1, 0.15) is 11.6 Å². The van der Waals surface area contributed by atoms with E-state index in [2.05, 4.69) is 25.0 Å². The molecule has 6 rings (SSSR count). The van der Waals surface area contributed by atoms with Gasteiger partial charge in [0.05, 0.1) is 34.2 Å². The first kappa shape index (κ1) is 19.9. The van der Waals surface area contributed by atoms with Crippen LogP contribution in [0.2, 0.25) is 0 Å². The first-order valence-electron chi connectivity index (χ1n) is 10.9. The Balaban J connectivity index is 1.34. The maximum absolute atomic E-state index is 13.3. The largest absolute Gasteiger partial charge is 0.383 e. The number of rotatable bonds is 4. The van der Waals surface area contributed by atoms with E-state index in [0.717, 1.165) is 50.3 Å². The highest BCUT2D eigenvalue weighted by molar-refractivity contribution is 6.12. The molecular weight excluding hydrogens is 426 g/mol. The van der Waals surface area contributed by atoms with Crippen LogP contribution in [-0.4, -0.2) is 35.5 Å². The molecule has 34 heavy (non-hydrogen) atoms. The third-order valence-electron chi connectivity index (χ3n) is 5.99. The monoisotopic (exact) mass is 447 g/mol. The van der Waals surface area contributed by atoms with Crippen molar-refractivity contribution >= 4 is 33.5 Å². The van der Waals surface area contributed by atoms with Crippen LogP contribution in [0, 0.1) is 13.8 Å². The number of nitrogens with zero attached hydrogens (tertiary/aromatic N) is 4. The number of ketones is 1. The van der Waals surface area contributed by atoms with E-state index in [-0.39, 0.29) is 11.6 Å². The molecule has 0 amide bonds. The smallest absolute Gasteiger partial charge is 0.214 e. The lowest BCUT2D eigenvalue weighted by Gasteiger charge is -2.05. The van der Waals surface area contributed by atoms with Gasteiger partial charge in [-0.1, -0.05) is 18.2 Å². The van der Waals surface area contributed by atoms with Gasteiger partial charge in [-0.15, -0.1) is 0 Å². The number of fused-ring (bicyclic) bond motifs is 2. The van der Waals surface area contributed by atoms with Crippen molar-refractivity contribution in [1.29, 1.82) is 0 Å². The van der Waals surface area contributed by atoms with Gasteiger partial charge in [-0.25, -0.2) is 9.67 Å². The van der Waals surface area contributed by atoms with Gasteiger partial charge in [0.2, 0.25) is 5.78 Å². The molecule has 8 nitrogen and oxygen atoms in total. The Morgan fingerprint density at radius 1 is 0.912 bits per heavy atom. The van der Waals surface area contributed by atoms with E-state index in [4.69, 9.17) is 5.73 Å². The Hall–Kier alpha value is -4.72. The molecule has 8 heteroatoms. The second-order valence-corrected chi connectivity index (χ2v) is 8.38. The Bertz CT molecular complexity index is 1700. The number of H-pyrrole nitrogens is 2. The molecule has 0 radical (unpaired) electrons. The minimum absolute atomic E-state index is 0.211. The molecule has 0 saturated heterocycles. The lowest BCUT2D eigenvalue weighted by atomic mass is 10.1. The van der Waals surface area contributed by atoms with Crippen LogP contribution in [0.5, 0.6) is 0 Å². The van der Waals surface area contributed by atoms with Gasteiger partial charge in [-0.3, -0.25) is 9.78 Å². The van der Waals surface area contributed by atoms with Gasteiger partial charge < -0.3 is 15.7 Å². The number of hydrogen-bond donors (Lipinski definition) is 3. The summed E-state index contributed by atoms with van der Waals surface area (Å²) in [6.07, 6.45) is 3.36. The van der Waals surface area contributed by atoms with Crippen LogP contribution in [0.1, 0.15) is 27.6 Å². The number of carbonyl (C=O) groups excluding carboxylic acids is 1. The van der Waals surface area contributed by atoms with E-state index in [0.29, 0.717) is 11.3 Å². The summed E-state index contributed by atoms with van der Waals surface area (Å²) in [6.45, 7) is 3.86. The number of nitrogens with one attached hydrogen (secondary N) is 2. The molecule has 4 N–H and O–H groups in total. The zero-order chi connectivity index (χ0) is 23.4. The number of pyridine rings is 1. The molecule has 0 fully saturated rings. The molecule has 0 spiro atoms. The van der Waals surface area contributed by atoms with Gasteiger partial charge >= 0.3 is 0 Å². The first-order chi connectivity index (χ1) is 16.5. The van der Waals surface area contributed by atoms with Crippen molar-refractivity contribution in [3.8, 4) is 16.8 Å². The lowest BCUT2D eigenvalue weighted by Crippen LogP contribution is -2.07. The zero-order valence-corrected chi connectivity index (χ0v) is 18.6. The summed E-state index contributed by atoms with van der Waals surface area (Å²) in [5, 5.41) is 5.32. The third kappa shape index (κ3) is 3.24. The molecule has 0 aliphatic rings. The van der Waals surface area contributed by atoms with Crippen LogP contribution >= 0.6 is 0 Å². The van der Waals surface area contributed by atoms with Crippen LogP contribution in [0.15, 0.2) is 67.0 Å². The Morgan fingerprint density at radius 2 is 1.76 bits per heavy atom. The van der Waals surface area contributed by atoms with Gasteiger partial charge in [0.15, 0.2) is 0 Å². The fourth-order valence-corrected chi connectivity index (χ4v) is 4.21. The molecule has 166 valence electrons. The number of anilines is 1. The van der Waals surface area contributed by atoms with Crippen LogP contribution in [0.4, 0.5) is 5.82 Å². The minimum atomic E-state index is -0.211. The number of aromatic nitrogens is 6. The van der Waals surface area contributed by atoms with Crippen LogP contribution in [0.3, 0.4) is 0 Å². The van der Waals surface area contributed by atoms with Crippen molar-refractivity contribution in [1.82, 2.24) is 29.7 Å². The number of aryl methyl sites for hydroxylation is 2. The average molecular weight is 448 g/mol. The number of carbonyl (C=O) groups is 1. The average Bonchev–Trinajstić information content (AvgIpc) is 3.53. The van der Waals surface area contributed by atoms with E-state index in [9.17, 15) is 4.79 Å². The molecule has 0 unspecified atom stereocenters. The second kappa shape index (κ2) is 7.41. The molecule has 4 heterocycles. The van der Waals surface area contributed by atoms with Gasteiger partial charge in [-0.05, 0) is 55.8 Å². The van der Waals surface area contributed by atoms with Gasteiger partial charge in [0.25, 0.3) is 0 Å². The number of nitrogen functional groups attached to an aromatic ring is 1. The topological polar surface area (TPSA) is 118 Å².